The molecule has 2 aliphatic rings. The number of guanidine groups is 1. The van der Waals surface area contributed by atoms with Gasteiger partial charge in [-0.1, -0.05) is 6.92 Å². The SMILES string of the molecule is CCN(CCN=C(N)N(C)C1CC1)C1CC1. The predicted octanol–water partition coefficient (Wildman–Crippen LogP) is 0.880. The van der Waals surface area contributed by atoms with Crippen LogP contribution in [-0.2, 0) is 0 Å². The van der Waals surface area contributed by atoms with E-state index >= 15 is 0 Å². The summed E-state index contributed by atoms with van der Waals surface area (Å²) in [7, 11) is 2.05. The third-order valence-electron chi connectivity index (χ3n) is 3.59. The Morgan fingerprint density at radius 1 is 1.25 bits per heavy atom. The Balaban J connectivity index is 1.69. The summed E-state index contributed by atoms with van der Waals surface area (Å²) in [5, 5.41) is 0. The summed E-state index contributed by atoms with van der Waals surface area (Å²) in [5.74, 6) is 0.717. The number of hydrogen-bond acceptors (Lipinski definition) is 2. The maximum absolute atomic E-state index is 5.93. The van der Waals surface area contributed by atoms with E-state index in [2.05, 4.69) is 28.8 Å². The molecular formula is C12H24N4. The van der Waals surface area contributed by atoms with Crippen LogP contribution < -0.4 is 5.73 Å². The van der Waals surface area contributed by atoms with E-state index < -0.39 is 0 Å². The summed E-state index contributed by atoms with van der Waals surface area (Å²) in [4.78, 5) is 9.09. The molecule has 0 aromatic carbocycles. The molecule has 0 spiro atoms. The quantitative estimate of drug-likeness (QED) is 0.538. The second kappa shape index (κ2) is 5.04. The molecule has 0 radical (unpaired) electrons. The molecule has 2 saturated carbocycles. The van der Waals surface area contributed by atoms with E-state index in [0.29, 0.717) is 12.0 Å². The fraction of sp³-hybridized carbons (Fsp3) is 0.917. The summed E-state index contributed by atoms with van der Waals surface area (Å²) < 4.78 is 0. The lowest BCUT2D eigenvalue weighted by Crippen LogP contribution is -2.36. The third-order valence-corrected chi connectivity index (χ3v) is 3.59. The monoisotopic (exact) mass is 224 g/mol. The summed E-state index contributed by atoms with van der Waals surface area (Å²) in [6, 6.07) is 1.50. The minimum atomic E-state index is 0.662. The second-order valence-corrected chi connectivity index (χ2v) is 4.94. The highest BCUT2D eigenvalue weighted by Crippen LogP contribution is 2.26. The Labute approximate surface area is 98.5 Å². The fourth-order valence-corrected chi connectivity index (χ4v) is 2.09. The molecule has 4 heteroatoms. The van der Waals surface area contributed by atoms with Crippen LogP contribution in [0.2, 0.25) is 0 Å². The Kier molecular flexibility index (Phi) is 3.69. The normalized spacial score (nSPS) is 21.6. The van der Waals surface area contributed by atoms with Crippen LogP contribution in [0.1, 0.15) is 32.6 Å². The lowest BCUT2D eigenvalue weighted by Gasteiger charge is -2.20. The minimum absolute atomic E-state index is 0.662. The lowest BCUT2D eigenvalue weighted by molar-refractivity contribution is 0.286. The van der Waals surface area contributed by atoms with Gasteiger partial charge in [-0.25, -0.2) is 0 Å². The van der Waals surface area contributed by atoms with Crippen molar-refractivity contribution in [3.05, 3.63) is 0 Å². The summed E-state index contributed by atoms with van der Waals surface area (Å²) in [6.07, 6.45) is 5.29. The zero-order chi connectivity index (χ0) is 11.5. The van der Waals surface area contributed by atoms with E-state index in [1.165, 1.54) is 25.7 Å². The number of hydrogen-bond donors (Lipinski definition) is 1. The molecule has 0 bridgehead atoms. The highest BCUT2D eigenvalue weighted by Gasteiger charge is 2.28. The first kappa shape index (κ1) is 11.7. The van der Waals surface area contributed by atoms with Gasteiger partial charge >= 0.3 is 0 Å². The van der Waals surface area contributed by atoms with Crippen molar-refractivity contribution in [1.29, 1.82) is 0 Å². The average molecular weight is 224 g/mol. The van der Waals surface area contributed by atoms with Crippen LogP contribution in [0.5, 0.6) is 0 Å². The number of nitrogens with zero attached hydrogens (tertiary/aromatic N) is 3. The Hall–Kier alpha value is -0.770. The molecule has 0 saturated heterocycles. The molecule has 0 heterocycles. The van der Waals surface area contributed by atoms with Gasteiger partial charge in [-0.15, -0.1) is 0 Å². The van der Waals surface area contributed by atoms with E-state index in [-0.39, 0.29) is 0 Å². The molecule has 0 amide bonds. The van der Waals surface area contributed by atoms with Crippen molar-refractivity contribution >= 4 is 5.96 Å². The maximum Gasteiger partial charge on any atom is 0.191 e. The second-order valence-electron chi connectivity index (χ2n) is 4.94. The predicted molar refractivity (Wildman–Crippen MR) is 67.5 cm³/mol. The molecule has 0 atom stereocenters. The Bertz CT molecular complexity index is 256. The maximum atomic E-state index is 5.93. The van der Waals surface area contributed by atoms with Crippen molar-refractivity contribution in [2.45, 2.75) is 44.7 Å². The molecule has 2 N–H and O–H groups in total. The van der Waals surface area contributed by atoms with Gasteiger partial charge in [-0.05, 0) is 32.2 Å². The first-order valence-electron chi connectivity index (χ1n) is 6.49. The van der Waals surface area contributed by atoms with E-state index in [1.54, 1.807) is 0 Å². The summed E-state index contributed by atoms with van der Waals surface area (Å²) >= 11 is 0. The minimum Gasteiger partial charge on any atom is -0.370 e. The molecule has 92 valence electrons. The van der Waals surface area contributed by atoms with Crippen molar-refractivity contribution in [3.63, 3.8) is 0 Å². The molecule has 0 aromatic heterocycles. The molecule has 16 heavy (non-hydrogen) atoms. The van der Waals surface area contributed by atoms with Crippen LogP contribution in [0.25, 0.3) is 0 Å². The van der Waals surface area contributed by atoms with Crippen molar-refractivity contribution < 1.29 is 0 Å². The Morgan fingerprint density at radius 2 is 1.88 bits per heavy atom. The molecule has 2 rings (SSSR count). The molecule has 0 unspecified atom stereocenters. The third kappa shape index (κ3) is 3.11. The van der Waals surface area contributed by atoms with Gasteiger partial charge in [0.25, 0.3) is 0 Å². The highest BCUT2D eigenvalue weighted by molar-refractivity contribution is 5.78. The molecule has 4 nitrogen and oxygen atoms in total. The first-order valence-corrected chi connectivity index (χ1v) is 6.49. The molecule has 2 fully saturated rings. The molecule has 2 aliphatic carbocycles. The zero-order valence-electron chi connectivity index (χ0n) is 10.5. The van der Waals surface area contributed by atoms with Gasteiger partial charge in [-0.3, -0.25) is 9.89 Å². The summed E-state index contributed by atoms with van der Waals surface area (Å²) in [6.45, 7) is 5.26. The first-order chi connectivity index (χ1) is 7.72. The standard InChI is InChI=1S/C12H24N4/c1-3-16(11-6-7-11)9-8-14-12(13)15(2)10-4-5-10/h10-11H,3-9H2,1-2H3,(H2,13,14). The van der Waals surface area contributed by atoms with Gasteiger partial charge < -0.3 is 10.6 Å². The van der Waals surface area contributed by atoms with Gasteiger partial charge in [0, 0.05) is 25.7 Å². The van der Waals surface area contributed by atoms with Crippen molar-refractivity contribution in [2.24, 2.45) is 10.7 Å². The van der Waals surface area contributed by atoms with Crippen LogP contribution in [0.15, 0.2) is 4.99 Å². The number of aliphatic imine (C=N–C) groups is 1. The molecule has 0 aromatic rings. The van der Waals surface area contributed by atoms with Crippen LogP contribution in [0.3, 0.4) is 0 Å². The van der Waals surface area contributed by atoms with Crippen molar-refractivity contribution in [3.8, 4) is 0 Å². The number of likely N-dealkylation sites (N-methyl/N-ethyl adjacent to an activating group) is 1. The van der Waals surface area contributed by atoms with Crippen LogP contribution in [-0.4, -0.2) is 54.5 Å². The average Bonchev–Trinajstić information content (AvgIpc) is 3.15. The van der Waals surface area contributed by atoms with Crippen LogP contribution in [0, 0.1) is 0 Å². The van der Waals surface area contributed by atoms with Crippen molar-refractivity contribution in [2.75, 3.05) is 26.7 Å². The van der Waals surface area contributed by atoms with Gasteiger partial charge in [0.15, 0.2) is 5.96 Å². The molecular weight excluding hydrogens is 200 g/mol. The van der Waals surface area contributed by atoms with Crippen LogP contribution in [0.4, 0.5) is 0 Å². The Morgan fingerprint density at radius 3 is 2.38 bits per heavy atom. The fourth-order valence-electron chi connectivity index (χ4n) is 2.09. The largest absolute Gasteiger partial charge is 0.370 e. The van der Waals surface area contributed by atoms with E-state index in [9.17, 15) is 0 Å². The van der Waals surface area contributed by atoms with E-state index in [4.69, 9.17) is 5.73 Å². The number of nitrogens with two attached hydrogens (primary N) is 1. The lowest BCUT2D eigenvalue weighted by atomic mass is 10.4. The van der Waals surface area contributed by atoms with Crippen molar-refractivity contribution in [1.82, 2.24) is 9.80 Å². The van der Waals surface area contributed by atoms with Gasteiger partial charge in [0.1, 0.15) is 0 Å². The van der Waals surface area contributed by atoms with Gasteiger partial charge in [0.05, 0.1) is 6.54 Å². The highest BCUT2D eigenvalue weighted by atomic mass is 15.3. The van der Waals surface area contributed by atoms with Crippen LogP contribution >= 0.6 is 0 Å². The molecule has 0 aliphatic heterocycles. The van der Waals surface area contributed by atoms with E-state index in [0.717, 1.165) is 25.7 Å². The van der Waals surface area contributed by atoms with Gasteiger partial charge in [0.2, 0.25) is 0 Å². The topological polar surface area (TPSA) is 44.9 Å². The summed E-state index contributed by atoms with van der Waals surface area (Å²) in [5.41, 5.74) is 5.93. The van der Waals surface area contributed by atoms with E-state index in [1.807, 2.05) is 0 Å². The van der Waals surface area contributed by atoms with Gasteiger partial charge in [-0.2, -0.15) is 0 Å². The number of rotatable bonds is 6. The zero-order valence-corrected chi connectivity index (χ0v) is 10.5. The smallest absolute Gasteiger partial charge is 0.191 e.